The number of aromatic nitrogens is 2. The zero-order valence-electron chi connectivity index (χ0n) is 15.7. The maximum Gasteiger partial charge on any atom is 0.258 e. The van der Waals surface area contributed by atoms with Crippen LogP contribution in [0.15, 0.2) is 47.0 Å². The van der Waals surface area contributed by atoms with Gasteiger partial charge in [0.2, 0.25) is 5.82 Å². The van der Waals surface area contributed by atoms with E-state index < -0.39 is 5.91 Å². The van der Waals surface area contributed by atoms with Crippen molar-refractivity contribution in [1.82, 2.24) is 10.1 Å². The second-order valence-corrected chi connectivity index (χ2v) is 5.73. The molecule has 1 heterocycles. The molecular formula is C20H21N3O5. The van der Waals surface area contributed by atoms with Crippen LogP contribution in [0, 0.1) is 0 Å². The molecule has 2 aromatic carbocycles. The molecule has 1 aromatic heterocycles. The van der Waals surface area contributed by atoms with E-state index in [1.165, 1.54) is 0 Å². The quantitative estimate of drug-likeness (QED) is 0.604. The standard InChI is InChI=1S/C20H21N3O5/c1-3-25-16-10-7-14(11-17(16)26-4-2)20-22-19(23-28-20)13-5-8-15(9-6-13)27-12-18(21)24/h5-11H,3-4,12H2,1-2H3,(H2,21,24). The van der Waals surface area contributed by atoms with Gasteiger partial charge in [-0.05, 0) is 56.3 Å². The van der Waals surface area contributed by atoms with Gasteiger partial charge < -0.3 is 24.5 Å². The van der Waals surface area contributed by atoms with Crippen LogP contribution in [0.3, 0.4) is 0 Å². The largest absolute Gasteiger partial charge is 0.490 e. The molecule has 0 unspecified atom stereocenters. The Hall–Kier alpha value is -3.55. The number of hydrogen-bond donors (Lipinski definition) is 1. The van der Waals surface area contributed by atoms with Crippen molar-refractivity contribution in [3.8, 4) is 40.1 Å². The number of carbonyl (C=O) groups is 1. The molecule has 0 spiro atoms. The Labute approximate surface area is 162 Å². The number of rotatable bonds is 9. The molecule has 3 aromatic rings. The predicted molar refractivity (Wildman–Crippen MR) is 102 cm³/mol. The van der Waals surface area contributed by atoms with Gasteiger partial charge in [-0.25, -0.2) is 0 Å². The molecule has 0 fully saturated rings. The van der Waals surface area contributed by atoms with E-state index >= 15 is 0 Å². The molecule has 0 aliphatic rings. The number of ether oxygens (including phenoxy) is 3. The van der Waals surface area contributed by atoms with Crippen molar-refractivity contribution in [2.45, 2.75) is 13.8 Å². The van der Waals surface area contributed by atoms with Gasteiger partial charge >= 0.3 is 0 Å². The highest BCUT2D eigenvalue weighted by Gasteiger charge is 2.14. The number of hydrogen-bond acceptors (Lipinski definition) is 7. The minimum atomic E-state index is -0.534. The van der Waals surface area contributed by atoms with Gasteiger partial charge in [0, 0.05) is 11.1 Å². The molecule has 0 saturated carbocycles. The van der Waals surface area contributed by atoms with E-state index in [1.54, 1.807) is 24.3 Å². The van der Waals surface area contributed by atoms with Crippen LogP contribution in [0.25, 0.3) is 22.8 Å². The number of amides is 1. The molecule has 3 rings (SSSR count). The lowest BCUT2D eigenvalue weighted by molar-refractivity contribution is -0.119. The smallest absolute Gasteiger partial charge is 0.258 e. The average Bonchev–Trinajstić information content (AvgIpc) is 3.19. The molecular weight excluding hydrogens is 362 g/mol. The molecule has 0 bridgehead atoms. The summed E-state index contributed by atoms with van der Waals surface area (Å²) < 4.78 is 21.8. The van der Waals surface area contributed by atoms with E-state index in [0.717, 1.165) is 11.1 Å². The fourth-order valence-electron chi connectivity index (χ4n) is 2.50. The van der Waals surface area contributed by atoms with Gasteiger partial charge in [0.25, 0.3) is 11.8 Å². The lowest BCUT2D eigenvalue weighted by Gasteiger charge is -2.11. The van der Waals surface area contributed by atoms with Crippen molar-refractivity contribution >= 4 is 5.91 Å². The first kappa shape index (κ1) is 19.2. The highest BCUT2D eigenvalue weighted by Crippen LogP contribution is 2.33. The van der Waals surface area contributed by atoms with E-state index in [9.17, 15) is 4.79 Å². The normalized spacial score (nSPS) is 10.5. The molecule has 28 heavy (non-hydrogen) atoms. The van der Waals surface area contributed by atoms with Gasteiger partial charge in [-0.1, -0.05) is 5.16 Å². The van der Waals surface area contributed by atoms with Crippen molar-refractivity contribution in [3.05, 3.63) is 42.5 Å². The fourth-order valence-corrected chi connectivity index (χ4v) is 2.50. The maximum absolute atomic E-state index is 10.8. The third-order valence-corrected chi connectivity index (χ3v) is 3.71. The molecule has 146 valence electrons. The van der Waals surface area contributed by atoms with Crippen molar-refractivity contribution < 1.29 is 23.5 Å². The summed E-state index contributed by atoms with van der Waals surface area (Å²) in [4.78, 5) is 15.2. The Bertz CT molecular complexity index is 937. The van der Waals surface area contributed by atoms with Gasteiger partial charge in [0.15, 0.2) is 18.1 Å². The Morgan fingerprint density at radius 2 is 1.64 bits per heavy atom. The second kappa shape index (κ2) is 8.90. The lowest BCUT2D eigenvalue weighted by atomic mass is 10.2. The van der Waals surface area contributed by atoms with Crippen molar-refractivity contribution in [1.29, 1.82) is 0 Å². The van der Waals surface area contributed by atoms with Crippen molar-refractivity contribution in [2.24, 2.45) is 5.73 Å². The minimum absolute atomic E-state index is 0.175. The Balaban J connectivity index is 1.80. The topological polar surface area (TPSA) is 110 Å². The summed E-state index contributed by atoms with van der Waals surface area (Å²) in [6.45, 7) is 4.71. The summed E-state index contributed by atoms with van der Waals surface area (Å²) in [6.07, 6.45) is 0. The van der Waals surface area contributed by atoms with E-state index in [2.05, 4.69) is 10.1 Å². The summed E-state index contributed by atoms with van der Waals surface area (Å²) in [5.41, 5.74) is 6.54. The Morgan fingerprint density at radius 1 is 0.964 bits per heavy atom. The van der Waals surface area contributed by atoms with Crippen LogP contribution < -0.4 is 19.9 Å². The van der Waals surface area contributed by atoms with Crippen LogP contribution in [0.1, 0.15) is 13.8 Å². The van der Waals surface area contributed by atoms with Crippen LogP contribution >= 0.6 is 0 Å². The monoisotopic (exact) mass is 383 g/mol. The van der Waals surface area contributed by atoms with Crippen LogP contribution in [-0.2, 0) is 4.79 Å². The van der Waals surface area contributed by atoms with Gasteiger partial charge in [-0.15, -0.1) is 0 Å². The third kappa shape index (κ3) is 4.59. The first-order valence-corrected chi connectivity index (χ1v) is 8.86. The highest BCUT2D eigenvalue weighted by molar-refractivity contribution is 5.75. The van der Waals surface area contributed by atoms with Crippen LogP contribution in [0.4, 0.5) is 0 Å². The SMILES string of the molecule is CCOc1ccc(-c2nc(-c3ccc(OCC(N)=O)cc3)no2)cc1OCC. The highest BCUT2D eigenvalue weighted by atomic mass is 16.5. The van der Waals surface area contributed by atoms with Gasteiger partial charge in [-0.3, -0.25) is 4.79 Å². The van der Waals surface area contributed by atoms with Crippen LogP contribution in [-0.4, -0.2) is 35.9 Å². The summed E-state index contributed by atoms with van der Waals surface area (Å²) in [7, 11) is 0. The lowest BCUT2D eigenvalue weighted by Crippen LogP contribution is -2.19. The summed E-state index contributed by atoms with van der Waals surface area (Å²) in [6, 6.07) is 12.4. The molecule has 0 atom stereocenters. The number of benzene rings is 2. The summed E-state index contributed by atoms with van der Waals surface area (Å²) in [5, 5.41) is 4.03. The van der Waals surface area contributed by atoms with E-state index in [-0.39, 0.29) is 6.61 Å². The molecule has 0 saturated heterocycles. The van der Waals surface area contributed by atoms with Gasteiger partial charge in [0.05, 0.1) is 13.2 Å². The van der Waals surface area contributed by atoms with E-state index in [0.29, 0.717) is 42.2 Å². The first-order valence-electron chi connectivity index (χ1n) is 8.86. The number of primary amides is 1. The Kier molecular flexibility index (Phi) is 6.11. The molecule has 8 nitrogen and oxygen atoms in total. The molecule has 1 amide bonds. The summed E-state index contributed by atoms with van der Waals surface area (Å²) in [5.74, 6) is 2.08. The second-order valence-electron chi connectivity index (χ2n) is 5.73. The Morgan fingerprint density at radius 3 is 2.32 bits per heavy atom. The zero-order valence-corrected chi connectivity index (χ0v) is 15.7. The molecule has 0 radical (unpaired) electrons. The molecule has 0 aliphatic carbocycles. The number of carbonyl (C=O) groups excluding carboxylic acids is 1. The van der Waals surface area contributed by atoms with Crippen molar-refractivity contribution in [2.75, 3.05) is 19.8 Å². The maximum atomic E-state index is 10.8. The molecule has 8 heteroatoms. The van der Waals surface area contributed by atoms with Crippen LogP contribution in [0.2, 0.25) is 0 Å². The van der Waals surface area contributed by atoms with Gasteiger partial charge in [-0.2, -0.15) is 4.98 Å². The van der Waals surface area contributed by atoms with Crippen LogP contribution in [0.5, 0.6) is 17.2 Å². The number of nitrogens with zero attached hydrogens (tertiary/aromatic N) is 2. The first-order chi connectivity index (χ1) is 13.6. The minimum Gasteiger partial charge on any atom is -0.490 e. The summed E-state index contributed by atoms with van der Waals surface area (Å²) >= 11 is 0. The number of nitrogens with two attached hydrogens (primary N) is 1. The zero-order chi connectivity index (χ0) is 19.9. The third-order valence-electron chi connectivity index (χ3n) is 3.71. The average molecular weight is 383 g/mol. The van der Waals surface area contributed by atoms with E-state index in [1.807, 2.05) is 32.0 Å². The fraction of sp³-hybridized carbons (Fsp3) is 0.250. The molecule has 0 aliphatic heterocycles. The van der Waals surface area contributed by atoms with Crippen molar-refractivity contribution in [3.63, 3.8) is 0 Å². The predicted octanol–water partition coefficient (Wildman–Crippen LogP) is 3.07. The van der Waals surface area contributed by atoms with E-state index in [4.69, 9.17) is 24.5 Å². The molecule has 2 N–H and O–H groups in total. The van der Waals surface area contributed by atoms with Gasteiger partial charge in [0.1, 0.15) is 5.75 Å².